The number of nitrogens with zero attached hydrogens (tertiary/aromatic N) is 1. The van der Waals surface area contributed by atoms with E-state index in [9.17, 15) is 10.1 Å². The van der Waals surface area contributed by atoms with E-state index < -0.39 is 0 Å². The molecule has 1 fully saturated rings. The van der Waals surface area contributed by atoms with Crippen LogP contribution in [0, 0.1) is 16.0 Å². The number of rotatable bonds is 8. The van der Waals surface area contributed by atoms with Gasteiger partial charge in [-0.3, -0.25) is 10.1 Å². The van der Waals surface area contributed by atoms with Gasteiger partial charge in [0.05, 0.1) is 4.92 Å². The fourth-order valence-corrected chi connectivity index (χ4v) is 2.77. The van der Waals surface area contributed by atoms with Crippen LogP contribution in [-0.4, -0.2) is 11.5 Å². The summed E-state index contributed by atoms with van der Waals surface area (Å²) in [5.74, 6) is 0.898. The van der Waals surface area contributed by atoms with E-state index in [1.165, 1.54) is 25.7 Å². The van der Waals surface area contributed by atoms with Crippen molar-refractivity contribution >= 4 is 5.69 Å². The highest BCUT2D eigenvalue weighted by atomic mass is 16.6. The first-order chi connectivity index (χ1) is 9.70. The smallest absolute Gasteiger partial charge is 0.269 e. The summed E-state index contributed by atoms with van der Waals surface area (Å²) < 4.78 is 0. The van der Waals surface area contributed by atoms with Crippen LogP contribution in [0.1, 0.15) is 57.1 Å². The Kier molecular flexibility index (Phi) is 5.53. The van der Waals surface area contributed by atoms with E-state index in [1.807, 2.05) is 6.07 Å². The molecule has 1 aliphatic carbocycles. The quantitative estimate of drug-likeness (QED) is 0.571. The number of non-ortho nitro benzene ring substituents is 1. The molecule has 4 heteroatoms. The van der Waals surface area contributed by atoms with Gasteiger partial charge in [-0.15, -0.1) is 0 Å². The summed E-state index contributed by atoms with van der Waals surface area (Å²) in [4.78, 5) is 10.5. The van der Waals surface area contributed by atoms with Gasteiger partial charge in [0.15, 0.2) is 0 Å². The average Bonchev–Trinajstić information content (AvgIpc) is 2.40. The van der Waals surface area contributed by atoms with Gasteiger partial charge in [-0.1, -0.05) is 44.7 Å². The van der Waals surface area contributed by atoms with Gasteiger partial charge in [0.25, 0.3) is 5.69 Å². The lowest BCUT2D eigenvalue weighted by molar-refractivity contribution is -0.384. The molecule has 0 amide bonds. The highest BCUT2D eigenvalue weighted by Crippen LogP contribution is 2.29. The van der Waals surface area contributed by atoms with Crippen molar-refractivity contribution in [2.45, 2.75) is 51.5 Å². The van der Waals surface area contributed by atoms with E-state index in [0.29, 0.717) is 0 Å². The first-order valence-corrected chi connectivity index (χ1v) is 7.68. The van der Waals surface area contributed by atoms with Crippen LogP contribution >= 0.6 is 0 Å². The number of nitrogens with one attached hydrogen (secondary N) is 1. The van der Waals surface area contributed by atoms with Gasteiger partial charge in [0, 0.05) is 18.2 Å². The molecule has 0 heterocycles. The first-order valence-electron chi connectivity index (χ1n) is 7.68. The van der Waals surface area contributed by atoms with Crippen molar-refractivity contribution in [2.75, 3.05) is 6.54 Å². The Labute approximate surface area is 120 Å². The standard InChI is InChI=1S/C16H24N2O2/c1-2-5-16(17-11-10-13-6-3-7-13)14-8-4-9-15(12-14)18(19)20/h4,8-9,12-13,16-17H,2-3,5-7,10-11H2,1H3. The molecule has 1 aromatic rings. The molecular weight excluding hydrogens is 252 g/mol. The number of hydrogen-bond donors (Lipinski definition) is 1. The maximum absolute atomic E-state index is 10.9. The van der Waals surface area contributed by atoms with E-state index >= 15 is 0 Å². The van der Waals surface area contributed by atoms with Crippen molar-refractivity contribution < 1.29 is 4.92 Å². The molecule has 1 aromatic carbocycles. The lowest BCUT2D eigenvalue weighted by Gasteiger charge is -2.26. The molecule has 0 aromatic heterocycles. The second kappa shape index (κ2) is 7.39. The second-order valence-corrected chi connectivity index (χ2v) is 5.73. The van der Waals surface area contributed by atoms with Crippen molar-refractivity contribution in [3.63, 3.8) is 0 Å². The normalized spacial score (nSPS) is 16.6. The van der Waals surface area contributed by atoms with Gasteiger partial charge in [-0.2, -0.15) is 0 Å². The number of nitro groups is 1. The van der Waals surface area contributed by atoms with Crippen LogP contribution in [0.3, 0.4) is 0 Å². The van der Waals surface area contributed by atoms with Crippen molar-refractivity contribution in [1.29, 1.82) is 0 Å². The molecule has 1 N–H and O–H groups in total. The first kappa shape index (κ1) is 15.0. The van der Waals surface area contributed by atoms with Gasteiger partial charge in [0.2, 0.25) is 0 Å². The van der Waals surface area contributed by atoms with Gasteiger partial charge in [-0.05, 0) is 30.9 Å². The Morgan fingerprint density at radius 3 is 2.85 bits per heavy atom. The molecule has 1 atom stereocenters. The zero-order chi connectivity index (χ0) is 14.4. The van der Waals surface area contributed by atoms with Crippen LogP contribution in [0.4, 0.5) is 5.69 Å². The van der Waals surface area contributed by atoms with Crippen LogP contribution in [0.25, 0.3) is 0 Å². The minimum Gasteiger partial charge on any atom is -0.310 e. The predicted molar refractivity (Wildman–Crippen MR) is 80.7 cm³/mol. The zero-order valence-corrected chi connectivity index (χ0v) is 12.2. The Morgan fingerprint density at radius 2 is 2.25 bits per heavy atom. The van der Waals surface area contributed by atoms with Gasteiger partial charge in [0.1, 0.15) is 0 Å². The lowest BCUT2D eigenvalue weighted by atomic mass is 9.83. The molecule has 1 saturated carbocycles. The summed E-state index contributed by atoms with van der Waals surface area (Å²) in [5, 5.41) is 14.4. The Morgan fingerprint density at radius 1 is 1.45 bits per heavy atom. The van der Waals surface area contributed by atoms with E-state index in [2.05, 4.69) is 12.2 Å². The maximum atomic E-state index is 10.9. The molecule has 0 spiro atoms. The third-order valence-electron chi connectivity index (χ3n) is 4.23. The molecule has 0 saturated heterocycles. The van der Waals surface area contributed by atoms with Crippen LogP contribution < -0.4 is 5.32 Å². The molecule has 1 aliphatic rings. The highest BCUT2D eigenvalue weighted by Gasteiger charge is 2.18. The van der Waals surface area contributed by atoms with Crippen molar-refractivity contribution in [3.05, 3.63) is 39.9 Å². The molecular formula is C16H24N2O2. The third-order valence-corrected chi connectivity index (χ3v) is 4.23. The molecule has 1 unspecified atom stereocenters. The van der Waals surface area contributed by atoms with Crippen LogP contribution in [0.5, 0.6) is 0 Å². The van der Waals surface area contributed by atoms with Gasteiger partial charge in [-0.25, -0.2) is 0 Å². The van der Waals surface area contributed by atoms with Gasteiger partial charge < -0.3 is 5.32 Å². The summed E-state index contributed by atoms with van der Waals surface area (Å²) in [7, 11) is 0. The lowest BCUT2D eigenvalue weighted by Crippen LogP contribution is -2.25. The number of nitro benzene ring substituents is 1. The van der Waals surface area contributed by atoms with Gasteiger partial charge >= 0.3 is 0 Å². The minimum atomic E-state index is -0.319. The molecule has 20 heavy (non-hydrogen) atoms. The average molecular weight is 276 g/mol. The molecule has 0 radical (unpaired) electrons. The Hall–Kier alpha value is -1.42. The van der Waals surface area contributed by atoms with Crippen LogP contribution in [0.2, 0.25) is 0 Å². The topological polar surface area (TPSA) is 55.2 Å². The molecule has 4 nitrogen and oxygen atoms in total. The van der Waals surface area contributed by atoms with Crippen molar-refractivity contribution in [3.8, 4) is 0 Å². The zero-order valence-electron chi connectivity index (χ0n) is 12.2. The predicted octanol–water partition coefficient (Wildman–Crippen LogP) is 4.22. The summed E-state index contributed by atoms with van der Waals surface area (Å²) in [6.45, 7) is 3.16. The SMILES string of the molecule is CCCC(NCCC1CCC1)c1cccc([N+](=O)[O-])c1. The fraction of sp³-hybridized carbons (Fsp3) is 0.625. The van der Waals surface area contributed by atoms with E-state index in [0.717, 1.165) is 30.9 Å². The number of hydrogen-bond acceptors (Lipinski definition) is 3. The molecule has 110 valence electrons. The van der Waals surface area contributed by atoms with E-state index in [4.69, 9.17) is 0 Å². The van der Waals surface area contributed by atoms with Crippen molar-refractivity contribution in [2.24, 2.45) is 5.92 Å². The van der Waals surface area contributed by atoms with Crippen LogP contribution in [0.15, 0.2) is 24.3 Å². The van der Waals surface area contributed by atoms with E-state index in [-0.39, 0.29) is 16.7 Å². The monoisotopic (exact) mass is 276 g/mol. The summed E-state index contributed by atoms with van der Waals surface area (Å²) in [5.41, 5.74) is 1.22. The summed E-state index contributed by atoms with van der Waals surface area (Å²) in [6, 6.07) is 7.27. The summed E-state index contributed by atoms with van der Waals surface area (Å²) >= 11 is 0. The fourth-order valence-electron chi connectivity index (χ4n) is 2.77. The number of benzene rings is 1. The molecule has 0 aliphatic heterocycles. The van der Waals surface area contributed by atoms with Crippen molar-refractivity contribution in [1.82, 2.24) is 5.32 Å². The molecule has 0 bridgehead atoms. The largest absolute Gasteiger partial charge is 0.310 e. The summed E-state index contributed by atoms with van der Waals surface area (Å²) in [6.07, 6.45) is 7.45. The maximum Gasteiger partial charge on any atom is 0.269 e. The van der Waals surface area contributed by atoms with Crippen LogP contribution in [-0.2, 0) is 0 Å². The Balaban J connectivity index is 1.95. The molecule has 2 rings (SSSR count). The Bertz CT molecular complexity index is 444. The third kappa shape index (κ3) is 4.04. The minimum absolute atomic E-state index is 0.185. The highest BCUT2D eigenvalue weighted by molar-refractivity contribution is 5.35. The second-order valence-electron chi connectivity index (χ2n) is 5.73. The van der Waals surface area contributed by atoms with E-state index in [1.54, 1.807) is 18.2 Å².